The van der Waals surface area contributed by atoms with Crippen LogP contribution in [0.5, 0.6) is 0 Å². The van der Waals surface area contributed by atoms with Crippen molar-refractivity contribution in [3.8, 4) is 0 Å². The van der Waals surface area contributed by atoms with Crippen LogP contribution in [0.1, 0.15) is 34.2 Å². The number of para-hydroxylation sites is 2. The van der Waals surface area contributed by atoms with E-state index in [9.17, 15) is 14.4 Å². The minimum absolute atomic E-state index is 0.108. The Bertz CT molecular complexity index is 2910. The third-order valence-electron chi connectivity index (χ3n) is 9.57. The molecule has 4 aromatic heterocycles. The average Bonchev–Trinajstić information content (AvgIpc) is 3.65. The molecule has 54 heavy (non-hydrogen) atoms. The second-order valence-electron chi connectivity index (χ2n) is 12.7. The van der Waals surface area contributed by atoms with Crippen molar-refractivity contribution < 1.29 is 4.79 Å². The standard InChI is InChI=1S/C20H18Cl2N4O.C19H14Cl2N4O2/c1-4-14-10(2)11-8-9-15-18(16(11)19(27)23-14)26(3)20(24-15)25-17-12(21)6-5-7-13(17)22;1-9-10-6-7-13-17(15(10)18(27)22-14(9)8-26)25(2)19(23-13)24-16-11(20)4-3-5-12(16)21/h5-9H,4H2,1-3H3,(H,23,27)(H,24,25);3-8H,1-2H3,(H,22,27)(H,23,24). The molecule has 0 atom stereocenters. The maximum atomic E-state index is 12.8. The summed E-state index contributed by atoms with van der Waals surface area (Å²) in [4.78, 5) is 51.5. The number of hydrogen-bond acceptors (Lipinski definition) is 7. The summed E-state index contributed by atoms with van der Waals surface area (Å²) in [5, 5.41) is 11.0. The van der Waals surface area contributed by atoms with Crippen LogP contribution in [0.2, 0.25) is 20.1 Å². The van der Waals surface area contributed by atoms with E-state index < -0.39 is 0 Å². The number of anilines is 4. The molecule has 0 amide bonds. The Labute approximate surface area is 327 Å². The molecule has 4 aromatic carbocycles. The van der Waals surface area contributed by atoms with Crippen LogP contribution < -0.4 is 21.8 Å². The Kier molecular flexibility index (Phi) is 9.92. The van der Waals surface area contributed by atoms with Crippen molar-refractivity contribution in [1.29, 1.82) is 0 Å². The second kappa shape index (κ2) is 14.5. The zero-order chi connectivity index (χ0) is 38.6. The van der Waals surface area contributed by atoms with Gasteiger partial charge in [-0.25, -0.2) is 9.97 Å². The number of nitrogens with zero attached hydrogens (tertiary/aromatic N) is 4. The van der Waals surface area contributed by atoms with Crippen LogP contribution in [0, 0.1) is 13.8 Å². The van der Waals surface area contributed by atoms with Gasteiger partial charge < -0.3 is 29.7 Å². The van der Waals surface area contributed by atoms with Crippen LogP contribution in [-0.2, 0) is 20.5 Å². The van der Waals surface area contributed by atoms with E-state index in [1.165, 1.54) is 0 Å². The number of aryl methyl sites for hydroxylation is 5. The summed E-state index contributed by atoms with van der Waals surface area (Å²) >= 11 is 25.0. The number of halogens is 4. The lowest BCUT2D eigenvalue weighted by molar-refractivity contribution is 0.111. The molecule has 0 aliphatic heterocycles. The summed E-state index contributed by atoms with van der Waals surface area (Å²) in [6, 6.07) is 18.0. The smallest absolute Gasteiger partial charge is 0.258 e. The summed E-state index contributed by atoms with van der Waals surface area (Å²) in [6.45, 7) is 5.86. The number of hydrogen-bond donors (Lipinski definition) is 4. The molecule has 0 aliphatic rings. The highest BCUT2D eigenvalue weighted by atomic mass is 35.5. The lowest BCUT2D eigenvalue weighted by Crippen LogP contribution is -2.12. The molecule has 0 saturated carbocycles. The molecule has 0 saturated heterocycles. The van der Waals surface area contributed by atoms with Crippen LogP contribution in [-0.4, -0.2) is 35.4 Å². The largest absolute Gasteiger partial charge is 0.325 e. The van der Waals surface area contributed by atoms with Gasteiger partial charge in [-0.2, -0.15) is 0 Å². The van der Waals surface area contributed by atoms with Crippen molar-refractivity contribution in [1.82, 2.24) is 29.1 Å². The van der Waals surface area contributed by atoms with Crippen molar-refractivity contribution in [2.45, 2.75) is 27.2 Å². The van der Waals surface area contributed by atoms with E-state index in [0.717, 1.165) is 34.1 Å². The third-order valence-corrected chi connectivity index (χ3v) is 10.8. The van der Waals surface area contributed by atoms with Gasteiger partial charge in [0.25, 0.3) is 11.1 Å². The zero-order valence-electron chi connectivity index (χ0n) is 29.6. The first-order chi connectivity index (χ1) is 25.8. The first kappa shape index (κ1) is 37.0. The highest BCUT2D eigenvalue weighted by molar-refractivity contribution is 6.40. The maximum absolute atomic E-state index is 12.8. The van der Waals surface area contributed by atoms with Crippen LogP contribution >= 0.6 is 46.4 Å². The number of rotatable bonds is 6. The van der Waals surface area contributed by atoms with Gasteiger partial charge >= 0.3 is 0 Å². The number of carbonyl (C=O) groups excluding carboxylic acids is 1. The van der Waals surface area contributed by atoms with E-state index in [1.807, 2.05) is 43.7 Å². The zero-order valence-corrected chi connectivity index (χ0v) is 32.6. The van der Waals surface area contributed by atoms with Crippen molar-refractivity contribution in [2.24, 2.45) is 14.1 Å². The summed E-state index contributed by atoms with van der Waals surface area (Å²) in [5.41, 5.74) is 6.49. The maximum Gasteiger partial charge on any atom is 0.258 e. The molecule has 8 aromatic rings. The molecule has 11 nitrogen and oxygen atoms in total. The number of H-pyrrole nitrogens is 2. The molecule has 274 valence electrons. The number of aromatic amines is 2. The van der Waals surface area contributed by atoms with Gasteiger partial charge in [0, 0.05) is 19.8 Å². The average molecular weight is 803 g/mol. The van der Waals surface area contributed by atoms with E-state index in [0.29, 0.717) is 82.4 Å². The van der Waals surface area contributed by atoms with E-state index in [1.54, 1.807) is 61.0 Å². The van der Waals surface area contributed by atoms with Gasteiger partial charge in [0.1, 0.15) is 0 Å². The van der Waals surface area contributed by atoms with Crippen LogP contribution in [0.15, 0.2) is 70.3 Å². The molecule has 0 bridgehead atoms. The Hall–Kier alpha value is -5.33. The lowest BCUT2D eigenvalue weighted by Gasteiger charge is -2.11. The molecule has 0 spiro atoms. The fourth-order valence-electron chi connectivity index (χ4n) is 6.73. The number of imidazole rings is 2. The first-order valence-corrected chi connectivity index (χ1v) is 18.3. The van der Waals surface area contributed by atoms with Crippen molar-refractivity contribution >= 4 is 120 Å². The second-order valence-corrected chi connectivity index (χ2v) is 14.3. The Morgan fingerprint density at radius 1 is 0.667 bits per heavy atom. The monoisotopic (exact) mass is 800 g/mol. The Balaban J connectivity index is 0.000000167. The van der Waals surface area contributed by atoms with Gasteiger partial charge in [-0.05, 0) is 78.6 Å². The molecule has 8 rings (SSSR count). The van der Waals surface area contributed by atoms with Crippen molar-refractivity contribution in [3.63, 3.8) is 0 Å². The number of fused-ring (bicyclic) bond motifs is 6. The van der Waals surface area contributed by atoms with Gasteiger partial charge in [0.15, 0.2) is 6.29 Å². The number of aldehydes is 1. The molecule has 0 fully saturated rings. The topological polar surface area (TPSA) is 142 Å². The summed E-state index contributed by atoms with van der Waals surface area (Å²) in [7, 11) is 3.66. The summed E-state index contributed by atoms with van der Waals surface area (Å²) in [6.07, 6.45) is 1.42. The van der Waals surface area contributed by atoms with Gasteiger partial charge in [-0.3, -0.25) is 14.4 Å². The highest BCUT2D eigenvalue weighted by Gasteiger charge is 2.19. The van der Waals surface area contributed by atoms with Gasteiger partial charge in [0.05, 0.1) is 70.0 Å². The quantitative estimate of drug-likeness (QED) is 0.123. The summed E-state index contributed by atoms with van der Waals surface area (Å²) in [5.74, 6) is 1.05. The van der Waals surface area contributed by atoms with Crippen molar-refractivity contribution in [3.05, 3.63) is 124 Å². The molecule has 4 heterocycles. The molecule has 0 unspecified atom stereocenters. The highest BCUT2D eigenvalue weighted by Crippen LogP contribution is 2.36. The molecule has 0 aliphatic carbocycles. The summed E-state index contributed by atoms with van der Waals surface area (Å²) < 4.78 is 3.63. The van der Waals surface area contributed by atoms with E-state index in [4.69, 9.17) is 46.4 Å². The van der Waals surface area contributed by atoms with E-state index >= 15 is 0 Å². The van der Waals surface area contributed by atoms with Gasteiger partial charge in [-0.15, -0.1) is 0 Å². The Morgan fingerprint density at radius 3 is 1.52 bits per heavy atom. The lowest BCUT2D eigenvalue weighted by atomic mass is 10.0. The molecule has 0 radical (unpaired) electrons. The molecule has 4 N–H and O–H groups in total. The van der Waals surface area contributed by atoms with E-state index in [2.05, 4.69) is 30.6 Å². The SMILES string of the molecule is CCc1[nH]c(=O)c2c(ccc3nc(Nc4c(Cl)cccc4Cl)n(C)c32)c1C.Cc1c(C=O)[nH]c(=O)c2c1ccc1nc(Nc3c(Cl)cccc3Cl)n(C)c12. The van der Waals surface area contributed by atoms with Crippen molar-refractivity contribution in [2.75, 3.05) is 10.6 Å². The Morgan fingerprint density at radius 2 is 1.09 bits per heavy atom. The minimum Gasteiger partial charge on any atom is -0.325 e. The van der Waals surface area contributed by atoms with Gasteiger partial charge in [0.2, 0.25) is 11.9 Å². The normalized spacial score (nSPS) is 11.4. The van der Waals surface area contributed by atoms with Gasteiger partial charge in [-0.1, -0.05) is 77.6 Å². The predicted octanol–water partition coefficient (Wildman–Crippen LogP) is 9.92. The van der Waals surface area contributed by atoms with Crippen LogP contribution in [0.4, 0.5) is 23.3 Å². The number of aromatic nitrogens is 6. The molecular weight excluding hydrogens is 770 g/mol. The van der Waals surface area contributed by atoms with Crippen LogP contribution in [0.25, 0.3) is 43.6 Å². The number of nitrogens with one attached hydrogen (secondary N) is 4. The minimum atomic E-state index is -0.339. The molecule has 15 heteroatoms. The third kappa shape index (κ3) is 6.26. The molecular formula is C39H32Cl4N8O3. The fraction of sp³-hybridized carbons (Fsp3) is 0.154. The number of pyridine rings is 2. The number of carbonyl (C=O) groups is 1. The number of benzene rings is 4. The van der Waals surface area contributed by atoms with Crippen LogP contribution in [0.3, 0.4) is 0 Å². The predicted molar refractivity (Wildman–Crippen MR) is 221 cm³/mol. The van der Waals surface area contributed by atoms with E-state index in [-0.39, 0.29) is 16.8 Å². The first-order valence-electron chi connectivity index (χ1n) is 16.7. The fourth-order valence-corrected chi connectivity index (χ4v) is 7.71.